The van der Waals surface area contributed by atoms with E-state index in [0.717, 1.165) is 5.56 Å². The predicted octanol–water partition coefficient (Wildman–Crippen LogP) is 2.69. The van der Waals surface area contributed by atoms with Gasteiger partial charge in [-0.15, -0.1) is 0 Å². The highest BCUT2D eigenvalue weighted by molar-refractivity contribution is 5.61. The van der Waals surface area contributed by atoms with E-state index in [-0.39, 0.29) is 0 Å². The molecule has 1 aromatic rings. The van der Waals surface area contributed by atoms with E-state index in [1.54, 1.807) is 19.1 Å². The number of nitrogens with one attached hydrogen (secondary N) is 1. The number of carbonyl (C=O) groups excluding carboxylic acids is 2. The van der Waals surface area contributed by atoms with E-state index >= 15 is 0 Å². The summed E-state index contributed by atoms with van der Waals surface area (Å²) in [7, 11) is 0. The molecule has 1 fully saturated rings. The van der Waals surface area contributed by atoms with Gasteiger partial charge in [0.1, 0.15) is 0 Å². The van der Waals surface area contributed by atoms with Crippen LogP contribution in [0.15, 0.2) is 28.2 Å². The highest BCUT2D eigenvalue weighted by Gasteiger charge is 1.97. The van der Waals surface area contributed by atoms with Gasteiger partial charge in [-0.1, -0.05) is 12.5 Å². The maximum Gasteiger partial charge on any atom is 0.240 e. The van der Waals surface area contributed by atoms with Crippen LogP contribution in [0.25, 0.3) is 0 Å². The molecule has 0 atom stereocenters. The molecule has 0 aromatic heterocycles. The zero-order valence-corrected chi connectivity index (χ0v) is 11.0. The molecule has 0 aliphatic carbocycles. The Labute approximate surface area is 112 Å². The monoisotopic (exact) mass is 259 g/mol. The number of aryl methyl sites for hydroxylation is 1. The van der Waals surface area contributed by atoms with Crippen LogP contribution >= 0.6 is 0 Å². The van der Waals surface area contributed by atoms with Crippen LogP contribution in [0.1, 0.15) is 24.8 Å². The molecule has 2 rings (SSSR count). The first-order valence-corrected chi connectivity index (χ1v) is 6.25. The third-order valence-electron chi connectivity index (χ3n) is 2.74. The normalized spacial score (nSPS) is 13.3. The van der Waals surface area contributed by atoms with Crippen LogP contribution in [-0.2, 0) is 9.59 Å². The minimum atomic E-state index is 0.426. The van der Waals surface area contributed by atoms with Gasteiger partial charge < -0.3 is 5.32 Å². The lowest BCUT2D eigenvalue weighted by Crippen LogP contribution is -2.21. The molecule has 1 aromatic carbocycles. The van der Waals surface area contributed by atoms with Crippen LogP contribution in [0.5, 0.6) is 0 Å². The Hall–Kier alpha value is -2.06. The number of rotatable bonds is 2. The summed E-state index contributed by atoms with van der Waals surface area (Å²) in [4.78, 5) is 26.8. The van der Waals surface area contributed by atoms with Crippen molar-refractivity contribution in [3.63, 3.8) is 0 Å². The lowest BCUT2D eigenvalue weighted by atomic mass is 10.2. The molecule has 19 heavy (non-hydrogen) atoms. The summed E-state index contributed by atoms with van der Waals surface area (Å²) < 4.78 is 0. The van der Waals surface area contributed by atoms with Crippen molar-refractivity contribution >= 4 is 23.5 Å². The van der Waals surface area contributed by atoms with Gasteiger partial charge in [-0.25, -0.2) is 9.59 Å². The summed E-state index contributed by atoms with van der Waals surface area (Å²) in [6.07, 6.45) is 7.05. The van der Waals surface area contributed by atoms with Crippen molar-refractivity contribution in [2.24, 2.45) is 9.98 Å². The van der Waals surface area contributed by atoms with Gasteiger partial charge in [-0.2, -0.15) is 9.98 Å². The number of aliphatic imine (C=N–C) groups is 2. The van der Waals surface area contributed by atoms with Crippen molar-refractivity contribution in [2.45, 2.75) is 26.2 Å². The first-order valence-electron chi connectivity index (χ1n) is 6.25. The topological polar surface area (TPSA) is 70.9 Å². The maximum absolute atomic E-state index is 10.00. The van der Waals surface area contributed by atoms with E-state index < -0.39 is 0 Å². The second-order valence-corrected chi connectivity index (χ2v) is 4.19. The molecule has 0 spiro atoms. The van der Waals surface area contributed by atoms with Crippen molar-refractivity contribution in [3.05, 3.63) is 23.8 Å². The van der Waals surface area contributed by atoms with Crippen LogP contribution < -0.4 is 5.32 Å². The van der Waals surface area contributed by atoms with Crippen LogP contribution in [-0.4, -0.2) is 25.2 Å². The third kappa shape index (κ3) is 5.89. The fourth-order valence-electron chi connectivity index (χ4n) is 1.69. The number of benzene rings is 1. The molecule has 0 radical (unpaired) electrons. The average Bonchev–Trinajstić information content (AvgIpc) is 2.46. The number of isocyanates is 2. The Morgan fingerprint density at radius 2 is 1.74 bits per heavy atom. The summed E-state index contributed by atoms with van der Waals surface area (Å²) in [5.41, 5.74) is 1.72. The number of piperidine rings is 1. The van der Waals surface area contributed by atoms with Crippen LogP contribution in [0, 0.1) is 6.92 Å². The fraction of sp³-hybridized carbons (Fsp3) is 0.429. The summed E-state index contributed by atoms with van der Waals surface area (Å²) in [5, 5.41) is 3.28. The SMILES string of the molecule is C1CCNCC1.Cc1ccc(N=C=O)cc1N=C=O. The highest BCUT2D eigenvalue weighted by atomic mass is 16.1. The third-order valence-corrected chi connectivity index (χ3v) is 2.74. The lowest BCUT2D eigenvalue weighted by molar-refractivity contribution is 0.520. The van der Waals surface area contributed by atoms with Gasteiger partial charge in [0.2, 0.25) is 12.2 Å². The van der Waals surface area contributed by atoms with E-state index in [4.69, 9.17) is 0 Å². The molecule has 5 heteroatoms. The van der Waals surface area contributed by atoms with Crippen molar-refractivity contribution in [2.75, 3.05) is 13.1 Å². The largest absolute Gasteiger partial charge is 0.317 e. The molecule has 1 N–H and O–H groups in total. The maximum atomic E-state index is 10.00. The van der Waals surface area contributed by atoms with Crippen molar-refractivity contribution in [3.8, 4) is 0 Å². The van der Waals surface area contributed by atoms with Crippen LogP contribution in [0.3, 0.4) is 0 Å². The second kappa shape index (κ2) is 8.95. The predicted molar refractivity (Wildman–Crippen MR) is 73.5 cm³/mol. The highest BCUT2D eigenvalue weighted by Crippen LogP contribution is 2.23. The molecule has 100 valence electrons. The van der Waals surface area contributed by atoms with Gasteiger partial charge in [0.15, 0.2) is 0 Å². The van der Waals surface area contributed by atoms with Crippen molar-refractivity contribution in [1.82, 2.24) is 5.32 Å². The Morgan fingerprint density at radius 1 is 1.05 bits per heavy atom. The summed E-state index contributed by atoms with van der Waals surface area (Å²) in [6, 6.07) is 4.88. The number of nitrogens with zero attached hydrogens (tertiary/aromatic N) is 2. The summed E-state index contributed by atoms with van der Waals surface area (Å²) in [5.74, 6) is 0. The molecule has 0 bridgehead atoms. The van der Waals surface area contributed by atoms with Gasteiger partial charge in [-0.05, 0) is 50.6 Å². The molecule has 0 amide bonds. The van der Waals surface area contributed by atoms with Gasteiger partial charge in [0.05, 0.1) is 11.4 Å². The first kappa shape index (κ1) is 15.0. The van der Waals surface area contributed by atoms with E-state index in [1.807, 2.05) is 0 Å². The second-order valence-electron chi connectivity index (χ2n) is 4.19. The standard InChI is InChI=1S/C9H6N2O2.C5H11N/c1-7-2-3-8(10-5-12)4-9(7)11-6-13;1-2-4-6-5-3-1/h2-4H,1H3;6H,1-5H2. The van der Waals surface area contributed by atoms with Crippen LogP contribution in [0.4, 0.5) is 11.4 Å². The fourth-order valence-corrected chi connectivity index (χ4v) is 1.69. The summed E-state index contributed by atoms with van der Waals surface area (Å²) >= 11 is 0. The van der Waals surface area contributed by atoms with E-state index in [1.165, 1.54) is 50.6 Å². The molecule has 1 aliphatic heterocycles. The minimum absolute atomic E-state index is 0.426. The first-order chi connectivity index (χ1) is 9.27. The number of hydrogen-bond donors (Lipinski definition) is 1. The van der Waals surface area contributed by atoms with Gasteiger partial charge in [-0.3, -0.25) is 0 Å². The lowest BCUT2D eigenvalue weighted by Gasteiger charge is -2.08. The number of hydrogen-bond acceptors (Lipinski definition) is 5. The van der Waals surface area contributed by atoms with Gasteiger partial charge >= 0.3 is 0 Å². The zero-order chi connectivity index (χ0) is 13.9. The van der Waals surface area contributed by atoms with Crippen molar-refractivity contribution in [1.29, 1.82) is 0 Å². The van der Waals surface area contributed by atoms with E-state index in [2.05, 4.69) is 15.3 Å². The molecular formula is C14H17N3O2. The summed E-state index contributed by atoms with van der Waals surface area (Å²) in [6.45, 7) is 4.30. The van der Waals surface area contributed by atoms with Crippen molar-refractivity contribution < 1.29 is 9.59 Å². The Kier molecular flexibility index (Phi) is 7.06. The molecule has 1 saturated heterocycles. The Balaban J connectivity index is 0.000000250. The van der Waals surface area contributed by atoms with Gasteiger partial charge in [0.25, 0.3) is 0 Å². The minimum Gasteiger partial charge on any atom is -0.317 e. The molecule has 5 nitrogen and oxygen atoms in total. The molecule has 0 saturated carbocycles. The smallest absolute Gasteiger partial charge is 0.240 e. The zero-order valence-electron chi connectivity index (χ0n) is 11.0. The van der Waals surface area contributed by atoms with Crippen LogP contribution in [0.2, 0.25) is 0 Å². The molecular weight excluding hydrogens is 242 g/mol. The molecule has 1 heterocycles. The van der Waals surface area contributed by atoms with E-state index in [0.29, 0.717) is 11.4 Å². The quantitative estimate of drug-likeness (QED) is 0.655. The Morgan fingerprint density at radius 3 is 2.21 bits per heavy atom. The Bertz CT molecular complexity index is 486. The molecule has 0 unspecified atom stereocenters. The molecule has 1 aliphatic rings. The average molecular weight is 259 g/mol. The van der Waals surface area contributed by atoms with Gasteiger partial charge in [0, 0.05) is 0 Å². The van der Waals surface area contributed by atoms with E-state index in [9.17, 15) is 9.59 Å².